The van der Waals surface area contributed by atoms with Crippen LogP contribution in [0.15, 0.2) is 24.3 Å². The van der Waals surface area contributed by atoms with Gasteiger partial charge in [0.1, 0.15) is 17.2 Å². The molecule has 3 saturated carbocycles. The van der Waals surface area contributed by atoms with Crippen molar-refractivity contribution in [2.45, 2.75) is 70.4 Å². The Morgan fingerprint density at radius 3 is 2.00 bits per heavy atom. The van der Waals surface area contributed by atoms with Gasteiger partial charge in [0, 0.05) is 0 Å². The zero-order chi connectivity index (χ0) is 20.8. The highest BCUT2D eigenvalue weighted by Crippen LogP contribution is 2.55. The zero-order valence-electron chi connectivity index (χ0n) is 16.8. The molecule has 0 radical (unpaired) electrons. The minimum Gasteiger partial charge on any atom is -0.206 e. The molecule has 0 N–H and O–H groups in total. The molecule has 1 aromatic carbocycles. The molecule has 6 unspecified atom stereocenters. The van der Waals surface area contributed by atoms with E-state index in [4.69, 9.17) is 0 Å². The highest BCUT2D eigenvalue weighted by atomic mass is 19.4. The summed E-state index contributed by atoms with van der Waals surface area (Å²) in [4.78, 5) is 0. The van der Waals surface area contributed by atoms with Crippen molar-refractivity contribution in [1.82, 2.24) is 0 Å². The fourth-order valence-corrected chi connectivity index (χ4v) is 6.68. The van der Waals surface area contributed by atoms with Gasteiger partial charge >= 0.3 is 6.18 Å². The van der Waals surface area contributed by atoms with Crippen molar-refractivity contribution in [3.63, 3.8) is 0 Å². The Bertz CT molecular complexity index is 742. The minimum atomic E-state index is -5.01. The van der Waals surface area contributed by atoms with E-state index in [0.29, 0.717) is 23.3 Å². The summed E-state index contributed by atoms with van der Waals surface area (Å²) in [5.41, 5.74) is -1.38. The van der Waals surface area contributed by atoms with Crippen LogP contribution < -0.4 is 0 Å². The maximum absolute atomic E-state index is 14.1. The van der Waals surface area contributed by atoms with Crippen molar-refractivity contribution in [2.24, 2.45) is 29.6 Å². The van der Waals surface area contributed by atoms with Crippen LogP contribution in [-0.2, 0) is 6.18 Å². The van der Waals surface area contributed by atoms with E-state index in [-0.39, 0.29) is 5.92 Å². The molecule has 29 heavy (non-hydrogen) atoms. The predicted octanol–water partition coefficient (Wildman–Crippen LogP) is 7.89. The van der Waals surface area contributed by atoms with Gasteiger partial charge in [-0.15, -0.1) is 0 Å². The monoisotopic (exact) mass is 412 g/mol. The fourth-order valence-electron chi connectivity index (χ4n) is 6.68. The molecule has 0 aromatic heterocycles. The smallest absolute Gasteiger partial charge is 0.206 e. The van der Waals surface area contributed by atoms with Gasteiger partial charge < -0.3 is 0 Å². The fraction of sp³-hybridized carbons (Fsp3) is 0.667. The number of hydrogen-bond donors (Lipinski definition) is 0. The van der Waals surface area contributed by atoms with E-state index in [1.54, 1.807) is 0 Å². The lowest BCUT2D eigenvalue weighted by atomic mass is 9.55. The normalized spacial score (nSPS) is 35.4. The summed E-state index contributed by atoms with van der Waals surface area (Å²) in [7, 11) is 0. The molecule has 0 nitrogen and oxygen atoms in total. The first-order valence-electron chi connectivity index (χ1n) is 11.0. The lowest BCUT2D eigenvalue weighted by Crippen LogP contribution is -2.41. The Kier molecular flexibility index (Phi) is 5.78. The summed E-state index contributed by atoms with van der Waals surface area (Å²) >= 11 is 0. The summed E-state index contributed by atoms with van der Waals surface area (Å²) in [5, 5.41) is 0. The third-order valence-corrected chi connectivity index (χ3v) is 7.87. The first kappa shape index (κ1) is 20.9. The van der Waals surface area contributed by atoms with Gasteiger partial charge in [0.15, 0.2) is 0 Å². The molecule has 6 atom stereocenters. The van der Waals surface area contributed by atoms with E-state index in [0.717, 1.165) is 49.7 Å². The number of allylic oxidation sites excluding steroid dienone is 2. The van der Waals surface area contributed by atoms with Gasteiger partial charge in [-0.05, 0) is 111 Å². The van der Waals surface area contributed by atoms with E-state index in [1.807, 2.05) is 0 Å². The quantitative estimate of drug-likeness (QED) is 0.342. The summed E-state index contributed by atoms with van der Waals surface area (Å²) in [6, 6.07) is 1.84. The number of hydrogen-bond acceptors (Lipinski definition) is 0. The Balaban J connectivity index is 1.47. The van der Waals surface area contributed by atoms with Crippen LogP contribution in [0.1, 0.15) is 75.3 Å². The van der Waals surface area contributed by atoms with Gasteiger partial charge in [-0.2, -0.15) is 13.2 Å². The van der Waals surface area contributed by atoms with Gasteiger partial charge in [-0.25, -0.2) is 8.78 Å². The molecule has 0 bridgehead atoms. The number of rotatable bonds is 2. The van der Waals surface area contributed by atoms with Crippen LogP contribution in [0.4, 0.5) is 22.0 Å². The van der Waals surface area contributed by atoms with Crippen molar-refractivity contribution in [1.29, 1.82) is 0 Å². The van der Waals surface area contributed by atoms with Crippen molar-refractivity contribution in [3.8, 4) is 0 Å². The molecule has 3 fully saturated rings. The first-order chi connectivity index (χ1) is 13.8. The van der Waals surface area contributed by atoms with Crippen molar-refractivity contribution in [3.05, 3.63) is 47.0 Å². The molecule has 0 amide bonds. The molecule has 1 aromatic rings. The molecule has 160 valence electrons. The number of alkyl halides is 3. The second-order valence-electron chi connectivity index (χ2n) is 9.39. The Labute approximate surface area is 169 Å². The van der Waals surface area contributed by atoms with Crippen LogP contribution in [0, 0.1) is 41.2 Å². The highest BCUT2D eigenvalue weighted by molar-refractivity contribution is 5.31. The van der Waals surface area contributed by atoms with Crippen molar-refractivity contribution >= 4 is 0 Å². The lowest BCUT2D eigenvalue weighted by molar-refractivity contribution is -0.142. The molecule has 0 spiro atoms. The van der Waals surface area contributed by atoms with Crippen LogP contribution >= 0.6 is 0 Å². The average Bonchev–Trinajstić information content (AvgIpc) is 2.65. The topological polar surface area (TPSA) is 0 Å². The maximum atomic E-state index is 14.1. The van der Waals surface area contributed by atoms with E-state index in [9.17, 15) is 22.0 Å². The molecule has 0 saturated heterocycles. The van der Waals surface area contributed by atoms with Crippen LogP contribution in [-0.4, -0.2) is 0 Å². The van der Waals surface area contributed by atoms with Crippen LogP contribution in [0.25, 0.3) is 0 Å². The highest BCUT2D eigenvalue weighted by Gasteiger charge is 2.45. The molecule has 0 heterocycles. The van der Waals surface area contributed by atoms with Crippen LogP contribution in [0.3, 0.4) is 0 Å². The standard InChI is InChI=1S/C24H29F5/c1-2-3-14-4-8-19-16(10-14)5-6-17-11-15(7-9-20(17)19)18-12-21(25)23(22(26)13-18)24(27,28)29/h2-3,12-17,19-20H,4-11H2,1H3/b3-2+. The Hall–Kier alpha value is -1.39. The lowest BCUT2D eigenvalue weighted by Gasteiger charge is -2.50. The van der Waals surface area contributed by atoms with E-state index in [2.05, 4.69) is 19.1 Å². The van der Waals surface area contributed by atoms with Crippen molar-refractivity contribution in [2.75, 3.05) is 0 Å². The molecular formula is C24H29F5. The zero-order valence-corrected chi connectivity index (χ0v) is 16.8. The predicted molar refractivity (Wildman–Crippen MR) is 103 cm³/mol. The third kappa shape index (κ3) is 4.11. The van der Waals surface area contributed by atoms with E-state index >= 15 is 0 Å². The SMILES string of the molecule is C/C=C/C1CCC2C(CCC3CC(c4cc(F)c(C(F)(F)F)c(F)c4)CCC32)C1. The Morgan fingerprint density at radius 1 is 0.828 bits per heavy atom. The molecule has 3 aliphatic carbocycles. The second kappa shape index (κ2) is 8.03. The van der Waals surface area contributed by atoms with Gasteiger partial charge in [-0.1, -0.05) is 12.2 Å². The first-order valence-corrected chi connectivity index (χ1v) is 11.0. The van der Waals surface area contributed by atoms with E-state index in [1.165, 1.54) is 25.7 Å². The van der Waals surface area contributed by atoms with Crippen LogP contribution in [0.2, 0.25) is 0 Å². The number of benzene rings is 1. The van der Waals surface area contributed by atoms with Crippen molar-refractivity contribution < 1.29 is 22.0 Å². The van der Waals surface area contributed by atoms with Gasteiger partial charge in [-0.3, -0.25) is 0 Å². The largest absolute Gasteiger partial charge is 0.422 e. The molecular weight excluding hydrogens is 383 g/mol. The van der Waals surface area contributed by atoms with Gasteiger partial charge in [0.25, 0.3) is 0 Å². The molecule has 5 heteroatoms. The number of fused-ring (bicyclic) bond motifs is 3. The molecule has 3 aliphatic rings. The maximum Gasteiger partial charge on any atom is 0.422 e. The van der Waals surface area contributed by atoms with Crippen LogP contribution in [0.5, 0.6) is 0 Å². The summed E-state index contributed by atoms with van der Waals surface area (Å²) in [5.74, 6) is 0.412. The molecule has 4 rings (SSSR count). The van der Waals surface area contributed by atoms with E-state index < -0.39 is 23.4 Å². The minimum absolute atomic E-state index is 0.0431. The summed E-state index contributed by atoms with van der Waals surface area (Å²) in [6.07, 6.45) is 8.29. The second-order valence-corrected chi connectivity index (χ2v) is 9.39. The summed E-state index contributed by atoms with van der Waals surface area (Å²) in [6.45, 7) is 2.08. The average molecular weight is 412 g/mol. The van der Waals surface area contributed by atoms with Gasteiger partial charge in [0.05, 0.1) is 0 Å². The summed E-state index contributed by atoms with van der Waals surface area (Å²) < 4.78 is 66.7. The van der Waals surface area contributed by atoms with Gasteiger partial charge in [0.2, 0.25) is 0 Å². The third-order valence-electron chi connectivity index (χ3n) is 7.87. The molecule has 0 aliphatic heterocycles. The number of halogens is 5. The Morgan fingerprint density at radius 2 is 1.41 bits per heavy atom.